The number of ether oxygens (including phenoxy) is 1. The molecule has 1 aromatic heterocycles. The van der Waals surface area contributed by atoms with Crippen molar-refractivity contribution in [3.63, 3.8) is 0 Å². The number of benzene rings is 1. The van der Waals surface area contributed by atoms with Gasteiger partial charge in [-0.25, -0.2) is 4.39 Å². The number of hydrogen-bond acceptors (Lipinski definition) is 5. The molecular formula is C12H12ClFN4O. The van der Waals surface area contributed by atoms with E-state index in [1.807, 2.05) is 6.92 Å². The number of anilines is 1. The van der Waals surface area contributed by atoms with Gasteiger partial charge in [-0.15, -0.1) is 0 Å². The molecule has 0 radical (unpaired) electrons. The average Bonchev–Trinajstić information content (AvgIpc) is 2.38. The molecule has 1 heterocycles. The molecule has 2 aromatic rings. The van der Waals surface area contributed by atoms with Crippen molar-refractivity contribution in [2.45, 2.75) is 6.92 Å². The number of nitrogens with zero attached hydrogens (tertiary/aromatic N) is 3. The van der Waals surface area contributed by atoms with Crippen LogP contribution in [0.15, 0.2) is 18.2 Å². The monoisotopic (exact) mass is 282 g/mol. The molecular weight excluding hydrogens is 271 g/mol. The van der Waals surface area contributed by atoms with Gasteiger partial charge in [0.2, 0.25) is 5.95 Å². The van der Waals surface area contributed by atoms with Crippen LogP contribution in [0.2, 0.25) is 5.02 Å². The summed E-state index contributed by atoms with van der Waals surface area (Å²) in [6.45, 7) is 2.22. The van der Waals surface area contributed by atoms with E-state index < -0.39 is 5.82 Å². The van der Waals surface area contributed by atoms with Gasteiger partial charge in [-0.3, -0.25) is 0 Å². The number of nitrogens with one attached hydrogen (secondary N) is 1. The summed E-state index contributed by atoms with van der Waals surface area (Å²) in [5, 5.41) is 3.09. The first-order chi connectivity index (χ1) is 9.13. The summed E-state index contributed by atoms with van der Waals surface area (Å²) in [7, 11) is 1.66. The predicted molar refractivity (Wildman–Crippen MR) is 70.9 cm³/mol. The highest BCUT2D eigenvalue weighted by atomic mass is 35.5. The van der Waals surface area contributed by atoms with Crippen LogP contribution in [0.5, 0.6) is 6.01 Å². The second-order valence-electron chi connectivity index (χ2n) is 3.57. The molecule has 0 spiro atoms. The lowest BCUT2D eigenvalue weighted by Crippen LogP contribution is -2.05. The Morgan fingerprint density at radius 3 is 2.74 bits per heavy atom. The quantitative estimate of drug-likeness (QED) is 0.934. The van der Waals surface area contributed by atoms with Crippen molar-refractivity contribution in [1.29, 1.82) is 0 Å². The number of rotatable bonds is 4. The van der Waals surface area contributed by atoms with Gasteiger partial charge in [0.05, 0.1) is 12.2 Å². The Kier molecular flexibility index (Phi) is 4.11. The number of hydrogen-bond donors (Lipinski definition) is 1. The Labute approximate surface area is 114 Å². The Balaban J connectivity index is 2.51. The van der Waals surface area contributed by atoms with E-state index in [1.165, 1.54) is 12.1 Å². The standard InChI is InChI=1S/C12H12ClFN4O/c1-3-19-12-17-10(16-11(15-2)18-12)8-5-4-7(13)6-9(8)14/h4-6H,3H2,1-2H3,(H,15,16,17,18). The molecule has 0 saturated carbocycles. The lowest BCUT2D eigenvalue weighted by atomic mass is 10.2. The molecule has 0 atom stereocenters. The molecule has 7 heteroatoms. The summed E-state index contributed by atoms with van der Waals surface area (Å²) < 4.78 is 19.1. The molecule has 0 aliphatic carbocycles. The lowest BCUT2D eigenvalue weighted by molar-refractivity contribution is 0.312. The molecule has 5 nitrogen and oxygen atoms in total. The third kappa shape index (κ3) is 3.08. The summed E-state index contributed by atoms with van der Waals surface area (Å²) in [6.07, 6.45) is 0. The van der Waals surface area contributed by atoms with Gasteiger partial charge >= 0.3 is 6.01 Å². The van der Waals surface area contributed by atoms with Crippen LogP contribution in [0.25, 0.3) is 11.4 Å². The van der Waals surface area contributed by atoms with Gasteiger partial charge in [-0.2, -0.15) is 15.0 Å². The van der Waals surface area contributed by atoms with Crippen LogP contribution in [-0.4, -0.2) is 28.6 Å². The molecule has 1 N–H and O–H groups in total. The fourth-order valence-electron chi connectivity index (χ4n) is 1.45. The molecule has 0 aliphatic rings. The van der Waals surface area contributed by atoms with Gasteiger partial charge in [0.1, 0.15) is 5.82 Å². The maximum Gasteiger partial charge on any atom is 0.321 e. The van der Waals surface area contributed by atoms with Crippen LogP contribution in [0, 0.1) is 5.82 Å². The Morgan fingerprint density at radius 1 is 1.32 bits per heavy atom. The normalized spacial score (nSPS) is 10.3. The van der Waals surface area contributed by atoms with Gasteiger partial charge < -0.3 is 10.1 Å². The Hall–Kier alpha value is -1.95. The van der Waals surface area contributed by atoms with Crippen molar-refractivity contribution >= 4 is 17.5 Å². The lowest BCUT2D eigenvalue weighted by Gasteiger charge is -2.07. The van der Waals surface area contributed by atoms with E-state index in [0.29, 0.717) is 17.6 Å². The molecule has 19 heavy (non-hydrogen) atoms. The van der Waals surface area contributed by atoms with Crippen molar-refractivity contribution in [2.75, 3.05) is 19.0 Å². The summed E-state index contributed by atoms with van der Waals surface area (Å²) in [4.78, 5) is 12.2. The van der Waals surface area contributed by atoms with Crippen LogP contribution in [-0.2, 0) is 0 Å². The van der Waals surface area contributed by atoms with Crippen LogP contribution < -0.4 is 10.1 Å². The maximum atomic E-state index is 13.8. The van der Waals surface area contributed by atoms with E-state index in [9.17, 15) is 4.39 Å². The fourth-order valence-corrected chi connectivity index (χ4v) is 1.61. The molecule has 0 saturated heterocycles. The summed E-state index contributed by atoms with van der Waals surface area (Å²) >= 11 is 5.71. The highest BCUT2D eigenvalue weighted by Gasteiger charge is 2.12. The highest BCUT2D eigenvalue weighted by Crippen LogP contribution is 2.24. The van der Waals surface area contributed by atoms with Gasteiger partial charge in [0.25, 0.3) is 0 Å². The van der Waals surface area contributed by atoms with Gasteiger partial charge in [0.15, 0.2) is 5.82 Å². The van der Waals surface area contributed by atoms with Gasteiger partial charge in [0, 0.05) is 12.1 Å². The van der Waals surface area contributed by atoms with Crippen LogP contribution in [0.3, 0.4) is 0 Å². The molecule has 0 amide bonds. The molecule has 0 unspecified atom stereocenters. The van der Waals surface area contributed by atoms with Crippen molar-refractivity contribution < 1.29 is 9.13 Å². The van der Waals surface area contributed by atoms with Crippen LogP contribution in [0.4, 0.5) is 10.3 Å². The minimum atomic E-state index is -0.497. The first kappa shape index (κ1) is 13.5. The minimum Gasteiger partial charge on any atom is -0.464 e. The first-order valence-corrected chi connectivity index (χ1v) is 6.04. The molecule has 1 aromatic carbocycles. The largest absolute Gasteiger partial charge is 0.464 e. The SMILES string of the molecule is CCOc1nc(NC)nc(-c2ccc(Cl)cc2F)n1. The van der Waals surface area contributed by atoms with Gasteiger partial charge in [-0.05, 0) is 25.1 Å². The molecule has 2 rings (SSSR count). The molecule has 0 bridgehead atoms. The second-order valence-corrected chi connectivity index (χ2v) is 4.01. The van der Waals surface area contributed by atoms with Crippen molar-refractivity contribution in [1.82, 2.24) is 15.0 Å². The molecule has 100 valence electrons. The second kappa shape index (κ2) is 5.79. The third-order valence-electron chi connectivity index (χ3n) is 2.28. The topological polar surface area (TPSA) is 59.9 Å². The van der Waals surface area contributed by atoms with Crippen molar-refractivity contribution in [2.24, 2.45) is 0 Å². The molecule has 0 fully saturated rings. The maximum absolute atomic E-state index is 13.8. The predicted octanol–water partition coefficient (Wildman–Crippen LogP) is 2.77. The zero-order valence-corrected chi connectivity index (χ0v) is 11.2. The van der Waals surface area contributed by atoms with Crippen LogP contribution >= 0.6 is 11.6 Å². The first-order valence-electron chi connectivity index (χ1n) is 5.66. The zero-order chi connectivity index (χ0) is 13.8. The van der Waals surface area contributed by atoms with E-state index in [0.717, 1.165) is 0 Å². The third-order valence-corrected chi connectivity index (χ3v) is 2.52. The average molecular weight is 283 g/mol. The van der Waals surface area contributed by atoms with E-state index in [2.05, 4.69) is 20.3 Å². The Bertz CT molecular complexity index is 594. The summed E-state index contributed by atoms with van der Waals surface area (Å²) in [6, 6.07) is 4.44. The van der Waals surface area contributed by atoms with Crippen molar-refractivity contribution in [3.05, 3.63) is 29.0 Å². The Morgan fingerprint density at radius 2 is 2.11 bits per heavy atom. The van der Waals surface area contributed by atoms with Crippen molar-refractivity contribution in [3.8, 4) is 17.4 Å². The highest BCUT2D eigenvalue weighted by molar-refractivity contribution is 6.30. The summed E-state index contributed by atoms with van der Waals surface area (Å²) in [5.41, 5.74) is 0.240. The minimum absolute atomic E-state index is 0.145. The fraction of sp³-hybridized carbons (Fsp3) is 0.250. The van der Waals surface area contributed by atoms with Crippen LogP contribution in [0.1, 0.15) is 6.92 Å². The number of aromatic nitrogens is 3. The number of halogens is 2. The smallest absolute Gasteiger partial charge is 0.321 e. The van der Waals surface area contributed by atoms with E-state index in [4.69, 9.17) is 16.3 Å². The molecule has 0 aliphatic heterocycles. The van der Waals surface area contributed by atoms with E-state index in [1.54, 1.807) is 13.1 Å². The zero-order valence-electron chi connectivity index (χ0n) is 10.4. The summed E-state index contributed by atoms with van der Waals surface area (Å²) in [5.74, 6) is 0.00275. The van der Waals surface area contributed by atoms with E-state index >= 15 is 0 Å². The van der Waals surface area contributed by atoms with Gasteiger partial charge in [-0.1, -0.05) is 11.6 Å². The van der Waals surface area contributed by atoms with E-state index in [-0.39, 0.29) is 17.4 Å².